The van der Waals surface area contributed by atoms with Gasteiger partial charge in [-0.1, -0.05) is 23.2 Å². The molecule has 0 atom stereocenters. The van der Waals surface area contributed by atoms with Crippen LogP contribution in [0.1, 0.15) is 42.6 Å². The normalized spacial score (nSPS) is 14.6. The monoisotopic (exact) mass is 431 g/mol. The molecule has 0 bridgehead atoms. The molecule has 0 aliphatic carbocycles. The maximum absolute atomic E-state index is 12.6. The van der Waals surface area contributed by atoms with Gasteiger partial charge in [-0.3, -0.25) is 4.79 Å². The number of aromatic nitrogens is 4. The molecule has 1 fully saturated rings. The molecule has 3 aromatic rings. The zero-order chi connectivity index (χ0) is 20.5. The van der Waals surface area contributed by atoms with Crippen molar-refractivity contribution in [3.63, 3.8) is 0 Å². The summed E-state index contributed by atoms with van der Waals surface area (Å²) in [6.07, 6.45) is 4.56. The molecule has 0 N–H and O–H groups in total. The minimum absolute atomic E-state index is 0.218. The highest BCUT2D eigenvalue weighted by atomic mass is 35.5. The van der Waals surface area contributed by atoms with Crippen LogP contribution in [0.5, 0.6) is 0 Å². The fourth-order valence-corrected chi connectivity index (χ4v) is 4.38. The van der Waals surface area contributed by atoms with Gasteiger partial charge in [0.1, 0.15) is 0 Å². The Kier molecular flexibility index (Phi) is 5.74. The van der Waals surface area contributed by atoms with Gasteiger partial charge < -0.3 is 4.90 Å². The highest BCUT2D eigenvalue weighted by molar-refractivity contribution is 6.36. The lowest BCUT2D eigenvalue weighted by Crippen LogP contribution is -2.35. The zero-order valence-corrected chi connectivity index (χ0v) is 18.1. The Morgan fingerprint density at radius 2 is 1.86 bits per heavy atom. The van der Waals surface area contributed by atoms with Crippen LogP contribution in [0.4, 0.5) is 0 Å². The van der Waals surface area contributed by atoms with Crippen molar-refractivity contribution in [3.8, 4) is 11.4 Å². The number of aryl methyl sites for hydroxylation is 2. The molecule has 6 nitrogen and oxygen atoms in total. The maximum Gasteiger partial charge on any atom is 0.253 e. The Morgan fingerprint density at radius 1 is 1.10 bits per heavy atom. The molecule has 1 aliphatic heterocycles. The molecular formula is C21H23Cl2N5O. The maximum atomic E-state index is 12.6. The summed E-state index contributed by atoms with van der Waals surface area (Å²) >= 11 is 12.3. The number of hydrogen-bond acceptors (Lipinski definition) is 4. The molecule has 1 aliphatic rings. The first-order chi connectivity index (χ1) is 13.9. The third-order valence-electron chi connectivity index (χ3n) is 5.52. The summed E-state index contributed by atoms with van der Waals surface area (Å²) in [6.45, 7) is 5.70. The average molecular weight is 432 g/mol. The van der Waals surface area contributed by atoms with Gasteiger partial charge in [0.25, 0.3) is 5.78 Å². The number of hydrogen-bond donors (Lipinski definition) is 0. The van der Waals surface area contributed by atoms with Crippen molar-refractivity contribution < 1.29 is 4.79 Å². The van der Waals surface area contributed by atoms with E-state index >= 15 is 0 Å². The molecule has 2 aromatic heterocycles. The number of carbonyl (C=O) groups is 1. The van der Waals surface area contributed by atoms with E-state index in [1.165, 1.54) is 6.42 Å². The van der Waals surface area contributed by atoms with Gasteiger partial charge in [0, 0.05) is 41.5 Å². The van der Waals surface area contributed by atoms with Gasteiger partial charge in [0.05, 0.1) is 5.02 Å². The van der Waals surface area contributed by atoms with Crippen molar-refractivity contribution in [1.82, 2.24) is 24.5 Å². The first-order valence-corrected chi connectivity index (χ1v) is 10.7. The molecule has 0 radical (unpaired) electrons. The number of rotatable bonds is 4. The summed E-state index contributed by atoms with van der Waals surface area (Å²) in [5.41, 5.74) is 3.58. The van der Waals surface area contributed by atoms with Crippen molar-refractivity contribution in [3.05, 3.63) is 45.2 Å². The van der Waals surface area contributed by atoms with Crippen LogP contribution in [-0.4, -0.2) is 43.5 Å². The second-order valence-electron chi connectivity index (χ2n) is 7.47. The van der Waals surface area contributed by atoms with Crippen molar-refractivity contribution in [2.24, 2.45) is 0 Å². The predicted molar refractivity (Wildman–Crippen MR) is 114 cm³/mol. The van der Waals surface area contributed by atoms with Gasteiger partial charge in [-0.25, -0.2) is 9.50 Å². The van der Waals surface area contributed by atoms with Crippen molar-refractivity contribution in [1.29, 1.82) is 0 Å². The van der Waals surface area contributed by atoms with E-state index in [2.05, 4.69) is 15.1 Å². The number of amides is 1. The van der Waals surface area contributed by atoms with Crippen LogP contribution in [-0.2, 0) is 11.2 Å². The first kappa shape index (κ1) is 20.1. The predicted octanol–water partition coefficient (Wildman–Crippen LogP) is 4.66. The number of piperidine rings is 1. The lowest BCUT2D eigenvalue weighted by atomic mass is 10.0. The number of halogens is 2. The lowest BCUT2D eigenvalue weighted by Gasteiger charge is -2.26. The summed E-state index contributed by atoms with van der Waals surface area (Å²) in [6, 6.07) is 5.24. The summed E-state index contributed by atoms with van der Waals surface area (Å²) in [5, 5.41) is 5.67. The Morgan fingerprint density at radius 3 is 2.59 bits per heavy atom. The third-order valence-corrected chi connectivity index (χ3v) is 6.07. The van der Waals surface area contributed by atoms with Crippen molar-refractivity contribution >= 4 is 34.9 Å². The van der Waals surface area contributed by atoms with Crippen LogP contribution in [0.2, 0.25) is 10.0 Å². The summed E-state index contributed by atoms with van der Waals surface area (Å²) in [7, 11) is 0. The summed E-state index contributed by atoms with van der Waals surface area (Å²) in [4.78, 5) is 23.7. The van der Waals surface area contributed by atoms with Crippen LogP contribution < -0.4 is 0 Å². The molecule has 29 heavy (non-hydrogen) atoms. The number of carbonyl (C=O) groups excluding carboxylic acids is 1. The number of benzene rings is 1. The van der Waals surface area contributed by atoms with Gasteiger partial charge in [-0.05, 0) is 63.3 Å². The van der Waals surface area contributed by atoms with Gasteiger partial charge >= 0.3 is 0 Å². The van der Waals surface area contributed by atoms with E-state index in [9.17, 15) is 4.79 Å². The van der Waals surface area contributed by atoms with Gasteiger partial charge in [-0.15, -0.1) is 5.10 Å². The van der Waals surface area contributed by atoms with Crippen LogP contribution in [0.3, 0.4) is 0 Å². The highest BCUT2D eigenvalue weighted by Crippen LogP contribution is 2.29. The molecular weight excluding hydrogens is 409 g/mol. The van der Waals surface area contributed by atoms with Crippen LogP contribution in [0, 0.1) is 13.8 Å². The Hall–Kier alpha value is -2.18. The van der Waals surface area contributed by atoms with Gasteiger partial charge in [0.2, 0.25) is 5.91 Å². The van der Waals surface area contributed by atoms with E-state index in [1.54, 1.807) is 22.7 Å². The van der Waals surface area contributed by atoms with E-state index < -0.39 is 0 Å². The molecule has 0 saturated carbocycles. The van der Waals surface area contributed by atoms with Crippen LogP contribution in [0.25, 0.3) is 17.2 Å². The molecule has 3 heterocycles. The fraction of sp³-hybridized carbons (Fsp3) is 0.429. The summed E-state index contributed by atoms with van der Waals surface area (Å²) < 4.78 is 1.73. The molecule has 1 saturated heterocycles. The molecule has 4 rings (SSSR count). The number of likely N-dealkylation sites (tertiary alicyclic amines) is 1. The SMILES string of the molecule is Cc1nc2nc(-c3ccc(Cl)cc3Cl)nn2c(C)c1CCC(=O)N1CCCCC1. The van der Waals surface area contributed by atoms with Crippen LogP contribution in [0.15, 0.2) is 18.2 Å². The molecule has 0 spiro atoms. The molecule has 1 amide bonds. The molecule has 152 valence electrons. The zero-order valence-electron chi connectivity index (χ0n) is 16.6. The van der Waals surface area contributed by atoms with E-state index in [-0.39, 0.29) is 5.91 Å². The van der Waals surface area contributed by atoms with Gasteiger partial charge in [-0.2, -0.15) is 4.98 Å². The van der Waals surface area contributed by atoms with E-state index in [0.29, 0.717) is 40.1 Å². The quantitative estimate of drug-likeness (QED) is 0.602. The molecule has 1 aromatic carbocycles. The topological polar surface area (TPSA) is 63.4 Å². The van der Waals surface area contributed by atoms with Crippen molar-refractivity contribution in [2.45, 2.75) is 46.0 Å². The smallest absolute Gasteiger partial charge is 0.253 e. The Labute approximate surface area is 179 Å². The number of fused-ring (bicyclic) bond motifs is 1. The Balaban J connectivity index is 1.61. The second kappa shape index (κ2) is 8.28. The minimum atomic E-state index is 0.218. The second-order valence-corrected chi connectivity index (χ2v) is 8.32. The third kappa shape index (κ3) is 4.09. The largest absolute Gasteiger partial charge is 0.343 e. The Bertz CT molecular complexity index is 1070. The van der Waals surface area contributed by atoms with E-state index in [1.807, 2.05) is 18.7 Å². The molecule has 0 unspecified atom stereocenters. The highest BCUT2D eigenvalue weighted by Gasteiger charge is 2.19. The van der Waals surface area contributed by atoms with Crippen molar-refractivity contribution in [2.75, 3.05) is 13.1 Å². The standard InChI is InChI=1S/C21H23Cl2N5O/c1-13-16(8-9-19(29)27-10-4-3-5-11-27)14(2)28-21(24-13)25-20(26-28)17-7-6-15(22)12-18(17)23/h6-7,12H,3-5,8-11H2,1-2H3. The minimum Gasteiger partial charge on any atom is -0.343 e. The molecule has 8 heteroatoms. The lowest BCUT2D eigenvalue weighted by molar-refractivity contribution is -0.132. The van der Waals surface area contributed by atoms with Gasteiger partial charge in [0.15, 0.2) is 5.82 Å². The summed E-state index contributed by atoms with van der Waals surface area (Å²) in [5.74, 6) is 1.24. The van der Waals surface area contributed by atoms with E-state index in [0.717, 1.165) is 42.9 Å². The fourth-order valence-electron chi connectivity index (χ4n) is 3.89. The van der Waals surface area contributed by atoms with Crippen LogP contribution >= 0.6 is 23.2 Å². The van der Waals surface area contributed by atoms with E-state index in [4.69, 9.17) is 23.2 Å². The first-order valence-electron chi connectivity index (χ1n) is 9.90. The number of nitrogens with zero attached hydrogens (tertiary/aromatic N) is 5. The average Bonchev–Trinajstić information content (AvgIpc) is 3.12.